The number of hydrogen-bond donors (Lipinski definition) is 2. The van der Waals surface area contributed by atoms with Crippen LogP contribution in [0.25, 0.3) is 0 Å². The Balaban J connectivity index is 1.82. The molecule has 0 unspecified atom stereocenters. The highest BCUT2D eigenvalue weighted by molar-refractivity contribution is 5.76. The number of aromatic nitrogens is 2. The lowest BCUT2D eigenvalue weighted by Gasteiger charge is -2.30. The normalized spacial score (nSPS) is 15.9. The molecule has 1 aliphatic heterocycles. The van der Waals surface area contributed by atoms with Crippen molar-refractivity contribution in [3.8, 4) is 0 Å². The number of aryl methyl sites for hydroxylation is 1. The summed E-state index contributed by atoms with van der Waals surface area (Å²) in [6.07, 6.45) is 6.17. The van der Waals surface area contributed by atoms with Gasteiger partial charge in [-0.15, -0.1) is 0 Å². The van der Waals surface area contributed by atoms with E-state index in [0.717, 1.165) is 37.3 Å². The van der Waals surface area contributed by atoms with Crippen molar-refractivity contribution in [2.24, 2.45) is 0 Å². The van der Waals surface area contributed by atoms with Crippen LogP contribution >= 0.6 is 0 Å². The number of nitrogens with one attached hydrogen (secondary N) is 1. The second-order valence-corrected chi connectivity index (χ2v) is 7.30. The summed E-state index contributed by atoms with van der Waals surface area (Å²) in [5.41, 5.74) is 1.13. The van der Waals surface area contributed by atoms with E-state index in [9.17, 15) is 14.7 Å². The first-order valence-electron chi connectivity index (χ1n) is 8.79. The molecule has 2 rings (SSSR count). The predicted octanol–water partition coefficient (Wildman–Crippen LogP) is 1.02. The number of rotatable bonds is 6. The lowest BCUT2D eigenvalue weighted by molar-refractivity contribution is -0.129. The molecule has 7 heteroatoms. The van der Waals surface area contributed by atoms with Crippen molar-refractivity contribution in [1.29, 1.82) is 0 Å². The van der Waals surface area contributed by atoms with E-state index >= 15 is 0 Å². The summed E-state index contributed by atoms with van der Waals surface area (Å²) < 4.78 is 0. The van der Waals surface area contributed by atoms with Gasteiger partial charge in [-0.05, 0) is 33.1 Å². The van der Waals surface area contributed by atoms with E-state index in [1.165, 1.54) is 0 Å². The van der Waals surface area contributed by atoms with E-state index < -0.39 is 5.54 Å². The van der Waals surface area contributed by atoms with Gasteiger partial charge < -0.3 is 15.3 Å². The molecule has 25 heavy (non-hydrogen) atoms. The van der Waals surface area contributed by atoms with Crippen LogP contribution in [0.15, 0.2) is 12.4 Å². The maximum absolute atomic E-state index is 11.9. The van der Waals surface area contributed by atoms with Gasteiger partial charge in [-0.25, -0.2) is 0 Å². The van der Waals surface area contributed by atoms with E-state index in [1.807, 2.05) is 4.90 Å². The number of nitrogens with zero attached hydrogens (tertiary/aromatic N) is 3. The average molecular weight is 348 g/mol. The zero-order chi connectivity index (χ0) is 18.4. The van der Waals surface area contributed by atoms with Crippen LogP contribution in [0.4, 0.5) is 0 Å². The van der Waals surface area contributed by atoms with Crippen molar-refractivity contribution >= 4 is 11.8 Å². The Morgan fingerprint density at radius 1 is 1.28 bits per heavy atom. The van der Waals surface area contributed by atoms with Crippen molar-refractivity contribution in [3.05, 3.63) is 23.8 Å². The van der Waals surface area contributed by atoms with Gasteiger partial charge >= 0.3 is 0 Å². The first-order chi connectivity index (χ1) is 11.8. The number of amides is 2. The molecule has 138 valence electrons. The van der Waals surface area contributed by atoms with Crippen LogP contribution in [-0.4, -0.2) is 57.0 Å². The standard InChI is InChI=1S/C18H28N4O3/c1-13(24)22-8-6-14(7-9-22)16-11-19-15(10-20-16)4-5-17(25)21-18(2,3)12-23/h10-11,14,23H,4-9,12H2,1-3H3,(H,21,25). The van der Waals surface area contributed by atoms with Crippen molar-refractivity contribution in [2.75, 3.05) is 19.7 Å². The van der Waals surface area contributed by atoms with Crippen molar-refractivity contribution in [3.63, 3.8) is 0 Å². The van der Waals surface area contributed by atoms with E-state index in [2.05, 4.69) is 15.3 Å². The zero-order valence-electron chi connectivity index (χ0n) is 15.3. The third-order valence-corrected chi connectivity index (χ3v) is 4.57. The smallest absolute Gasteiger partial charge is 0.220 e. The quantitative estimate of drug-likeness (QED) is 0.800. The highest BCUT2D eigenvalue weighted by atomic mass is 16.3. The molecule has 1 aromatic heterocycles. The molecule has 1 aromatic rings. The summed E-state index contributed by atoms with van der Waals surface area (Å²) in [5.74, 6) is 0.356. The SMILES string of the molecule is CC(=O)N1CCC(c2cnc(CCC(=O)NC(C)(C)CO)cn2)CC1. The van der Waals surface area contributed by atoms with Crippen LogP contribution < -0.4 is 5.32 Å². The number of hydrogen-bond acceptors (Lipinski definition) is 5. The van der Waals surface area contributed by atoms with Crippen LogP contribution in [0, 0.1) is 0 Å². The number of carbonyl (C=O) groups excluding carboxylic acids is 2. The maximum Gasteiger partial charge on any atom is 0.220 e. The van der Waals surface area contributed by atoms with E-state index in [0.29, 0.717) is 18.8 Å². The molecule has 0 radical (unpaired) electrons. The molecule has 0 spiro atoms. The fourth-order valence-corrected chi connectivity index (χ4v) is 2.92. The van der Waals surface area contributed by atoms with Gasteiger partial charge in [0.2, 0.25) is 11.8 Å². The largest absolute Gasteiger partial charge is 0.394 e. The second kappa shape index (κ2) is 8.38. The van der Waals surface area contributed by atoms with Crippen molar-refractivity contribution < 1.29 is 14.7 Å². The van der Waals surface area contributed by atoms with Gasteiger partial charge in [-0.2, -0.15) is 0 Å². The van der Waals surface area contributed by atoms with Crippen LogP contribution in [0.2, 0.25) is 0 Å². The molecule has 1 saturated heterocycles. The maximum atomic E-state index is 11.9. The van der Waals surface area contributed by atoms with Crippen LogP contribution in [-0.2, 0) is 16.0 Å². The Bertz CT molecular complexity index is 593. The van der Waals surface area contributed by atoms with Gasteiger partial charge in [0.25, 0.3) is 0 Å². The summed E-state index contributed by atoms with van der Waals surface area (Å²) in [6, 6.07) is 0. The highest BCUT2D eigenvalue weighted by Gasteiger charge is 2.23. The minimum atomic E-state index is -0.610. The molecule has 2 heterocycles. The third kappa shape index (κ3) is 5.77. The number of carbonyl (C=O) groups is 2. The fraction of sp³-hybridized carbons (Fsp3) is 0.667. The van der Waals surface area contributed by atoms with E-state index in [1.54, 1.807) is 33.2 Å². The molecule has 7 nitrogen and oxygen atoms in total. The van der Waals surface area contributed by atoms with Crippen molar-refractivity contribution in [2.45, 2.75) is 57.9 Å². The molecule has 1 aliphatic rings. The van der Waals surface area contributed by atoms with E-state index in [4.69, 9.17) is 0 Å². The number of piperidine rings is 1. The third-order valence-electron chi connectivity index (χ3n) is 4.57. The Kier molecular flexibility index (Phi) is 6.47. The summed E-state index contributed by atoms with van der Waals surface area (Å²) in [6.45, 7) is 6.59. The monoisotopic (exact) mass is 348 g/mol. The summed E-state index contributed by atoms with van der Waals surface area (Å²) in [5, 5.41) is 12.0. The molecule has 2 N–H and O–H groups in total. The lowest BCUT2D eigenvalue weighted by Crippen LogP contribution is -2.46. The minimum absolute atomic E-state index is 0.102. The van der Waals surface area contributed by atoms with Gasteiger partial charge in [0.15, 0.2) is 0 Å². The zero-order valence-corrected chi connectivity index (χ0v) is 15.3. The molecular weight excluding hydrogens is 320 g/mol. The Labute approximate surface area is 148 Å². The first-order valence-corrected chi connectivity index (χ1v) is 8.79. The molecule has 0 aromatic carbocycles. The Morgan fingerprint density at radius 2 is 1.96 bits per heavy atom. The lowest BCUT2D eigenvalue weighted by atomic mass is 9.94. The Morgan fingerprint density at radius 3 is 2.48 bits per heavy atom. The van der Waals surface area contributed by atoms with Gasteiger partial charge in [-0.3, -0.25) is 19.6 Å². The summed E-state index contributed by atoms with van der Waals surface area (Å²) in [4.78, 5) is 34.1. The molecule has 1 fully saturated rings. The van der Waals surface area contributed by atoms with Crippen molar-refractivity contribution in [1.82, 2.24) is 20.2 Å². The van der Waals surface area contributed by atoms with Crippen LogP contribution in [0.1, 0.15) is 57.3 Å². The number of likely N-dealkylation sites (tertiary alicyclic amines) is 1. The summed E-state index contributed by atoms with van der Waals surface area (Å²) >= 11 is 0. The van der Waals surface area contributed by atoms with Gasteiger partial charge in [0.1, 0.15) is 0 Å². The summed E-state index contributed by atoms with van der Waals surface area (Å²) in [7, 11) is 0. The average Bonchev–Trinajstić information content (AvgIpc) is 2.60. The first kappa shape index (κ1) is 19.3. The minimum Gasteiger partial charge on any atom is -0.394 e. The van der Waals surface area contributed by atoms with Gasteiger partial charge in [-0.1, -0.05) is 0 Å². The van der Waals surface area contributed by atoms with Crippen LogP contribution in [0.5, 0.6) is 0 Å². The molecule has 0 saturated carbocycles. The molecule has 0 bridgehead atoms. The fourth-order valence-electron chi connectivity index (χ4n) is 2.92. The second-order valence-electron chi connectivity index (χ2n) is 7.30. The van der Waals surface area contributed by atoms with Gasteiger partial charge in [0.05, 0.1) is 23.5 Å². The molecule has 0 aliphatic carbocycles. The van der Waals surface area contributed by atoms with Gasteiger partial charge in [0, 0.05) is 44.7 Å². The number of aliphatic hydroxyl groups excluding tert-OH is 1. The topological polar surface area (TPSA) is 95.4 Å². The Hall–Kier alpha value is -2.02. The van der Waals surface area contributed by atoms with E-state index in [-0.39, 0.29) is 18.4 Å². The predicted molar refractivity (Wildman–Crippen MR) is 93.9 cm³/mol. The number of aliphatic hydroxyl groups is 1. The highest BCUT2D eigenvalue weighted by Crippen LogP contribution is 2.26. The molecule has 2 amide bonds. The molecule has 0 atom stereocenters. The molecular formula is C18H28N4O3. The van der Waals surface area contributed by atoms with Crippen LogP contribution in [0.3, 0.4) is 0 Å².